The van der Waals surface area contributed by atoms with Gasteiger partial charge in [-0.1, -0.05) is 38.1 Å². The summed E-state index contributed by atoms with van der Waals surface area (Å²) in [5.74, 6) is 0.0673. The number of nitrogens with zero attached hydrogens (tertiary/aromatic N) is 4. The van der Waals surface area contributed by atoms with Crippen LogP contribution in [0, 0.1) is 5.92 Å². The Bertz CT molecular complexity index is 1140. The number of carbonyl (C=O) groups is 1. The fourth-order valence-electron chi connectivity index (χ4n) is 4.80. The fourth-order valence-corrected chi connectivity index (χ4v) is 6.44. The number of pyridine rings is 1. The van der Waals surface area contributed by atoms with E-state index in [4.69, 9.17) is 0 Å². The third-order valence-electron chi connectivity index (χ3n) is 6.61. The van der Waals surface area contributed by atoms with Crippen LogP contribution in [-0.4, -0.2) is 95.5 Å². The Morgan fingerprint density at radius 1 is 1.15 bits per heavy atom. The predicted octanol–water partition coefficient (Wildman–Crippen LogP) is 2.58. The molecular weight excluding hydrogens is 514 g/mol. The van der Waals surface area contributed by atoms with Gasteiger partial charge in [-0.2, -0.15) is 4.31 Å². The number of β-amino-alcohol motifs (C(OH)–C–C–N with tert-alkyl or cyclic N) is 1. The van der Waals surface area contributed by atoms with E-state index in [1.165, 1.54) is 4.31 Å². The third kappa shape index (κ3) is 9.65. The molecule has 0 radical (unpaired) electrons. The first-order chi connectivity index (χ1) is 18.3. The molecule has 1 amide bonds. The molecule has 10 heteroatoms. The largest absolute Gasteiger partial charge is 0.392 e. The first-order valence-electron chi connectivity index (χ1n) is 13.8. The molecule has 2 aromatic rings. The molecule has 216 valence electrons. The van der Waals surface area contributed by atoms with E-state index in [0.717, 1.165) is 12.1 Å². The zero-order valence-corrected chi connectivity index (χ0v) is 24.8. The lowest BCUT2D eigenvalue weighted by Gasteiger charge is -2.42. The highest BCUT2D eigenvalue weighted by molar-refractivity contribution is 7.89. The van der Waals surface area contributed by atoms with Crippen LogP contribution in [0.5, 0.6) is 0 Å². The van der Waals surface area contributed by atoms with E-state index in [9.17, 15) is 18.3 Å². The number of amides is 1. The molecule has 0 spiro atoms. The Morgan fingerprint density at radius 2 is 1.87 bits per heavy atom. The molecule has 39 heavy (non-hydrogen) atoms. The molecule has 2 heterocycles. The molecule has 2 N–H and O–H groups in total. The van der Waals surface area contributed by atoms with E-state index in [-0.39, 0.29) is 35.2 Å². The molecule has 9 nitrogen and oxygen atoms in total. The summed E-state index contributed by atoms with van der Waals surface area (Å²) in [7, 11) is -3.67. The highest BCUT2D eigenvalue weighted by Gasteiger charge is 2.35. The molecule has 0 aliphatic carbocycles. The monoisotopic (exact) mass is 559 g/mol. The number of benzene rings is 1. The molecule has 0 saturated carbocycles. The van der Waals surface area contributed by atoms with Gasteiger partial charge in [-0.3, -0.25) is 19.6 Å². The minimum atomic E-state index is -3.67. The van der Waals surface area contributed by atoms with Crippen LogP contribution in [0.2, 0.25) is 0 Å². The van der Waals surface area contributed by atoms with Gasteiger partial charge in [0.25, 0.3) is 0 Å². The second kappa shape index (κ2) is 13.8. The Morgan fingerprint density at radius 3 is 2.49 bits per heavy atom. The van der Waals surface area contributed by atoms with Crippen molar-refractivity contribution < 1.29 is 18.3 Å². The molecule has 1 aromatic heterocycles. The minimum absolute atomic E-state index is 0.0707. The van der Waals surface area contributed by atoms with Crippen LogP contribution in [0.15, 0.2) is 59.8 Å². The number of carbonyl (C=O) groups excluding carboxylic acids is 1. The van der Waals surface area contributed by atoms with Crippen molar-refractivity contribution >= 4 is 15.9 Å². The number of aromatic nitrogens is 1. The summed E-state index contributed by atoms with van der Waals surface area (Å²) in [5.41, 5.74) is 0.710. The molecule has 1 saturated heterocycles. The average Bonchev–Trinajstić information content (AvgIpc) is 2.87. The van der Waals surface area contributed by atoms with E-state index in [1.54, 1.807) is 36.5 Å². The Labute approximate surface area is 234 Å². The SMILES string of the molecule is CC(C)CN(CCC(O)CN1CCN(Cc2cccnc2)C[C@H]1C(=O)NC(C)(C)C)S(=O)(=O)c1ccccc1. The highest BCUT2D eigenvalue weighted by atomic mass is 32.2. The number of hydrogen-bond acceptors (Lipinski definition) is 7. The van der Waals surface area contributed by atoms with E-state index >= 15 is 0 Å². The summed E-state index contributed by atoms with van der Waals surface area (Å²) >= 11 is 0. The van der Waals surface area contributed by atoms with Crippen molar-refractivity contribution in [1.82, 2.24) is 24.4 Å². The minimum Gasteiger partial charge on any atom is -0.392 e. The average molecular weight is 560 g/mol. The van der Waals surface area contributed by atoms with Gasteiger partial charge in [0.1, 0.15) is 6.04 Å². The molecule has 3 rings (SSSR count). The zero-order valence-electron chi connectivity index (χ0n) is 24.0. The van der Waals surface area contributed by atoms with Gasteiger partial charge < -0.3 is 10.4 Å². The Balaban J connectivity index is 1.67. The maximum atomic E-state index is 13.3. The van der Waals surface area contributed by atoms with Crippen molar-refractivity contribution in [3.63, 3.8) is 0 Å². The van der Waals surface area contributed by atoms with Crippen molar-refractivity contribution in [2.45, 2.75) is 70.2 Å². The summed E-state index contributed by atoms with van der Waals surface area (Å²) in [5, 5.41) is 14.1. The fraction of sp³-hybridized carbons (Fsp3) is 0.586. The van der Waals surface area contributed by atoms with Crippen LogP contribution in [0.25, 0.3) is 0 Å². The van der Waals surface area contributed by atoms with Crippen molar-refractivity contribution in [1.29, 1.82) is 0 Å². The number of piperazine rings is 1. The van der Waals surface area contributed by atoms with Crippen LogP contribution in [-0.2, 0) is 21.4 Å². The highest BCUT2D eigenvalue weighted by Crippen LogP contribution is 2.19. The second-order valence-electron chi connectivity index (χ2n) is 11.9. The van der Waals surface area contributed by atoms with E-state index in [0.29, 0.717) is 32.7 Å². The lowest BCUT2D eigenvalue weighted by Crippen LogP contribution is -2.61. The molecule has 1 aliphatic rings. The maximum Gasteiger partial charge on any atom is 0.243 e. The number of rotatable bonds is 12. The van der Waals surface area contributed by atoms with E-state index in [2.05, 4.69) is 15.2 Å². The molecule has 2 atom stereocenters. The Hall–Kier alpha value is -2.37. The number of aliphatic hydroxyl groups excluding tert-OH is 1. The van der Waals surface area contributed by atoms with Gasteiger partial charge in [-0.05, 0) is 56.9 Å². The normalized spacial score (nSPS) is 18.4. The number of hydrogen-bond donors (Lipinski definition) is 2. The molecular formula is C29H45N5O4S. The Kier molecular flexibility index (Phi) is 11.0. The van der Waals surface area contributed by atoms with Crippen molar-refractivity contribution in [2.24, 2.45) is 5.92 Å². The molecule has 0 bridgehead atoms. The van der Waals surface area contributed by atoms with Crippen molar-refractivity contribution in [2.75, 3.05) is 39.3 Å². The van der Waals surface area contributed by atoms with Gasteiger partial charge in [-0.15, -0.1) is 0 Å². The first kappa shape index (κ1) is 31.2. The topological polar surface area (TPSA) is 106 Å². The standard InChI is InChI=1S/C29H45N5O4S/c1-23(2)19-34(39(37,38)26-11-7-6-8-12-26)15-13-25(35)21-33-17-16-32(20-24-10-9-14-30-18-24)22-27(33)28(36)31-29(3,4)5/h6-12,14,18,23,25,27,35H,13,15-17,19-22H2,1-5H3,(H,31,36)/t25?,27-/m0/s1. The quantitative estimate of drug-likeness (QED) is 0.412. The lowest BCUT2D eigenvalue weighted by atomic mass is 10.0. The molecule has 1 aliphatic heterocycles. The molecule has 1 aromatic carbocycles. The zero-order chi connectivity index (χ0) is 28.6. The van der Waals surface area contributed by atoms with Gasteiger partial charge in [0, 0.05) is 63.7 Å². The number of aliphatic hydroxyl groups is 1. The lowest BCUT2D eigenvalue weighted by molar-refractivity contribution is -0.131. The van der Waals surface area contributed by atoms with E-state index < -0.39 is 22.2 Å². The third-order valence-corrected chi connectivity index (χ3v) is 8.49. The number of nitrogens with one attached hydrogen (secondary N) is 1. The smallest absolute Gasteiger partial charge is 0.243 e. The summed E-state index contributed by atoms with van der Waals surface area (Å²) in [6.45, 7) is 13.3. The first-order valence-corrected chi connectivity index (χ1v) is 15.2. The van der Waals surface area contributed by atoms with Crippen LogP contribution in [0.3, 0.4) is 0 Å². The number of sulfonamides is 1. The molecule has 1 unspecified atom stereocenters. The van der Waals surface area contributed by atoms with Crippen molar-refractivity contribution in [3.8, 4) is 0 Å². The van der Waals surface area contributed by atoms with Crippen LogP contribution in [0.1, 0.15) is 46.6 Å². The van der Waals surface area contributed by atoms with Crippen LogP contribution in [0.4, 0.5) is 0 Å². The van der Waals surface area contributed by atoms with Gasteiger partial charge in [0.15, 0.2) is 0 Å². The van der Waals surface area contributed by atoms with Crippen molar-refractivity contribution in [3.05, 3.63) is 60.4 Å². The van der Waals surface area contributed by atoms with Crippen LogP contribution >= 0.6 is 0 Å². The van der Waals surface area contributed by atoms with Gasteiger partial charge in [-0.25, -0.2) is 8.42 Å². The van der Waals surface area contributed by atoms with Crippen LogP contribution < -0.4 is 5.32 Å². The van der Waals surface area contributed by atoms with Gasteiger partial charge in [0.2, 0.25) is 15.9 Å². The summed E-state index contributed by atoms with van der Waals surface area (Å²) in [6, 6.07) is 11.9. The predicted molar refractivity (Wildman–Crippen MR) is 153 cm³/mol. The second-order valence-corrected chi connectivity index (χ2v) is 13.8. The van der Waals surface area contributed by atoms with Gasteiger partial charge in [0.05, 0.1) is 11.0 Å². The summed E-state index contributed by atoms with van der Waals surface area (Å²) < 4.78 is 28.1. The maximum absolute atomic E-state index is 13.3. The van der Waals surface area contributed by atoms with E-state index in [1.807, 2.05) is 57.8 Å². The summed E-state index contributed by atoms with van der Waals surface area (Å²) in [6.07, 6.45) is 3.09. The van der Waals surface area contributed by atoms with Gasteiger partial charge >= 0.3 is 0 Å². The summed E-state index contributed by atoms with van der Waals surface area (Å²) in [4.78, 5) is 22.0. The molecule has 1 fully saturated rings.